The quantitative estimate of drug-likeness (QED) is 0.593. The number of halogens is 1. The van der Waals surface area contributed by atoms with Crippen molar-refractivity contribution in [2.45, 2.75) is 26.2 Å². The lowest BCUT2D eigenvalue weighted by Gasteiger charge is -2.23. The topological polar surface area (TPSA) is 12.0 Å². The first kappa shape index (κ1) is 11.1. The molecule has 0 aliphatic heterocycles. The van der Waals surface area contributed by atoms with Crippen LogP contribution in [0.5, 0.6) is 0 Å². The first-order chi connectivity index (χ1) is 6.50. The van der Waals surface area contributed by atoms with Crippen molar-refractivity contribution in [2.24, 2.45) is 0 Å². The minimum Gasteiger partial charge on any atom is -0.321 e. The molecule has 0 heterocycles. The molecule has 0 saturated carbocycles. The third-order valence-corrected chi connectivity index (χ3v) is 2.52. The fourth-order valence-corrected chi connectivity index (χ4v) is 1.83. The van der Waals surface area contributed by atoms with Crippen LogP contribution in [0.1, 0.15) is 31.9 Å². The summed E-state index contributed by atoms with van der Waals surface area (Å²) in [5.74, 6) is 2.67. The zero-order valence-corrected chi connectivity index (χ0v) is 10.3. The Morgan fingerprint density at radius 1 is 1.36 bits per heavy atom. The van der Waals surface area contributed by atoms with Crippen LogP contribution in [0.3, 0.4) is 0 Å². The number of anilines is 1. The monoisotopic (exact) mass is 251 g/mol. The molecule has 1 aromatic carbocycles. The van der Waals surface area contributed by atoms with Crippen LogP contribution in [-0.4, -0.2) is 0 Å². The van der Waals surface area contributed by atoms with E-state index >= 15 is 0 Å². The first-order valence-corrected chi connectivity index (χ1v) is 5.26. The molecule has 14 heavy (non-hydrogen) atoms. The molecule has 0 atom stereocenters. The van der Waals surface area contributed by atoms with Gasteiger partial charge in [-0.2, -0.15) is 0 Å². The average Bonchev–Trinajstić information content (AvgIpc) is 2.15. The van der Waals surface area contributed by atoms with Gasteiger partial charge >= 0.3 is 0 Å². The largest absolute Gasteiger partial charge is 0.321 e. The van der Waals surface area contributed by atoms with E-state index in [0.29, 0.717) is 0 Å². The van der Waals surface area contributed by atoms with Crippen LogP contribution in [-0.2, 0) is 5.41 Å². The van der Waals surface area contributed by atoms with Gasteiger partial charge in [0.05, 0.1) is 5.69 Å². The van der Waals surface area contributed by atoms with Crippen molar-refractivity contribution in [1.82, 2.24) is 0 Å². The van der Waals surface area contributed by atoms with Gasteiger partial charge in [-0.25, -0.2) is 0 Å². The van der Waals surface area contributed by atoms with Gasteiger partial charge in [-0.3, -0.25) is 0 Å². The molecule has 0 unspecified atom stereocenters. The summed E-state index contributed by atoms with van der Waals surface area (Å²) < 4.78 is 2.99. The Hall–Kier alpha value is -0.940. The highest BCUT2D eigenvalue weighted by Crippen LogP contribution is 2.32. The molecule has 0 aliphatic rings. The summed E-state index contributed by atoms with van der Waals surface area (Å²) in [6, 6.07) is 6.01. The molecule has 1 nitrogen and oxygen atoms in total. The summed E-state index contributed by atoms with van der Waals surface area (Å²) in [6.45, 7) is 6.49. The number of benzene rings is 1. The standard InChI is InChI=1S/C12H14BrN/c1-5-9-7-6-8-10(11(9)14-13)12(2,3)4/h1,6-8,14H,2-4H3. The third kappa shape index (κ3) is 2.10. The van der Waals surface area contributed by atoms with Crippen LogP contribution in [0.15, 0.2) is 18.2 Å². The van der Waals surface area contributed by atoms with Gasteiger partial charge in [0.1, 0.15) is 0 Å². The second-order valence-electron chi connectivity index (χ2n) is 4.22. The molecule has 1 aromatic rings. The molecular formula is C12H14BrN. The molecule has 0 radical (unpaired) electrons. The van der Waals surface area contributed by atoms with E-state index < -0.39 is 0 Å². The van der Waals surface area contributed by atoms with Crippen LogP contribution in [0, 0.1) is 12.3 Å². The zero-order valence-electron chi connectivity index (χ0n) is 8.69. The third-order valence-electron chi connectivity index (χ3n) is 2.12. The maximum atomic E-state index is 5.43. The number of hydrogen-bond acceptors (Lipinski definition) is 1. The van der Waals surface area contributed by atoms with E-state index in [1.807, 2.05) is 12.1 Å². The zero-order chi connectivity index (χ0) is 10.8. The lowest BCUT2D eigenvalue weighted by atomic mass is 9.85. The highest BCUT2D eigenvalue weighted by molar-refractivity contribution is 9.10. The van der Waals surface area contributed by atoms with Gasteiger partial charge in [-0.05, 0) is 17.0 Å². The first-order valence-electron chi connectivity index (χ1n) is 4.47. The van der Waals surface area contributed by atoms with Gasteiger partial charge in [-0.1, -0.05) is 38.8 Å². The summed E-state index contributed by atoms with van der Waals surface area (Å²) in [7, 11) is 0. The smallest absolute Gasteiger partial charge is 0.0636 e. The lowest BCUT2D eigenvalue weighted by Crippen LogP contribution is -2.13. The molecule has 0 aliphatic carbocycles. The van der Waals surface area contributed by atoms with Crippen molar-refractivity contribution in [1.29, 1.82) is 0 Å². The van der Waals surface area contributed by atoms with E-state index in [-0.39, 0.29) is 5.41 Å². The number of hydrogen-bond donors (Lipinski definition) is 1. The molecule has 0 aromatic heterocycles. The van der Waals surface area contributed by atoms with Crippen LogP contribution in [0.2, 0.25) is 0 Å². The van der Waals surface area contributed by atoms with Gasteiger partial charge in [0.25, 0.3) is 0 Å². The van der Waals surface area contributed by atoms with Crippen LogP contribution >= 0.6 is 16.1 Å². The maximum absolute atomic E-state index is 5.43. The summed E-state index contributed by atoms with van der Waals surface area (Å²) in [6.07, 6.45) is 5.43. The fourth-order valence-electron chi connectivity index (χ4n) is 1.40. The van der Waals surface area contributed by atoms with Crippen molar-refractivity contribution >= 4 is 21.8 Å². The van der Waals surface area contributed by atoms with Gasteiger partial charge in [0.2, 0.25) is 0 Å². The summed E-state index contributed by atoms with van der Waals surface area (Å²) in [5.41, 5.74) is 3.17. The number of terminal acetylenes is 1. The molecular weight excluding hydrogens is 238 g/mol. The summed E-state index contributed by atoms with van der Waals surface area (Å²) in [4.78, 5) is 0. The maximum Gasteiger partial charge on any atom is 0.0636 e. The van der Waals surface area contributed by atoms with Gasteiger partial charge in [-0.15, -0.1) is 6.42 Å². The summed E-state index contributed by atoms with van der Waals surface area (Å²) >= 11 is 3.25. The Morgan fingerprint density at radius 3 is 2.43 bits per heavy atom. The van der Waals surface area contributed by atoms with Crippen molar-refractivity contribution in [2.75, 3.05) is 4.34 Å². The van der Waals surface area contributed by atoms with Gasteiger partial charge in [0, 0.05) is 21.7 Å². The Balaban J connectivity index is 3.39. The Morgan fingerprint density at radius 2 is 2.00 bits per heavy atom. The molecule has 1 rings (SSSR count). The number of nitrogens with one attached hydrogen (secondary N) is 1. The number of para-hydroxylation sites is 1. The van der Waals surface area contributed by atoms with Crippen molar-refractivity contribution in [3.63, 3.8) is 0 Å². The molecule has 2 heteroatoms. The highest BCUT2D eigenvalue weighted by Gasteiger charge is 2.18. The van der Waals surface area contributed by atoms with E-state index in [9.17, 15) is 0 Å². The van der Waals surface area contributed by atoms with E-state index in [0.717, 1.165) is 11.3 Å². The van der Waals surface area contributed by atoms with E-state index in [2.05, 4.69) is 53.2 Å². The number of rotatable bonds is 1. The molecule has 1 N–H and O–H groups in total. The van der Waals surface area contributed by atoms with Gasteiger partial charge < -0.3 is 4.34 Å². The molecule has 0 bridgehead atoms. The van der Waals surface area contributed by atoms with Crippen LogP contribution in [0.4, 0.5) is 5.69 Å². The summed E-state index contributed by atoms with van der Waals surface area (Å²) in [5, 5.41) is 0. The predicted octanol–water partition coefficient (Wildman–Crippen LogP) is 3.69. The van der Waals surface area contributed by atoms with Crippen LogP contribution < -0.4 is 4.34 Å². The Labute approximate surface area is 94.2 Å². The SMILES string of the molecule is C#Cc1cccc(C(C)(C)C)c1NBr. The van der Waals surface area contributed by atoms with E-state index in [1.54, 1.807) is 0 Å². The minimum atomic E-state index is 0.0863. The normalized spacial score (nSPS) is 10.8. The van der Waals surface area contributed by atoms with E-state index in [4.69, 9.17) is 6.42 Å². The van der Waals surface area contributed by atoms with Crippen molar-refractivity contribution in [3.05, 3.63) is 29.3 Å². The molecule has 0 saturated heterocycles. The minimum absolute atomic E-state index is 0.0863. The lowest BCUT2D eigenvalue weighted by molar-refractivity contribution is 0.592. The average molecular weight is 252 g/mol. The fraction of sp³-hybridized carbons (Fsp3) is 0.333. The molecule has 0 amide bonds. The molecule has 0 fully saturated rings. The van der Waals surface area contributed by atoms with Gasteiger partial charge in [0.15, 0.2) is 0 Å². The molecule has 0 spiro atoms. The van der Waals surface area contributed by atoms with Crippen molar-refractivity contribution < 1.29 is 0 Å². The van der Waals surface area contributed by atoms with Crippen LogP contribution in [0.25, 0.3) is 0 Å². The highest BCUT2D eigenvalue weighted by atomic mass is 79.9. The second kappa shape index (κ2) is 4.06. The Bertz CT molecular complexity index is 369. The molecule has 74 valence electrons. The second-order valence-corrected chi connectivity index (χ2v) is 4.61. The van der Waals surface area contributed by atoms with Crippen molar-refractivity contribution in [3.8, 4) is 12.3 Å². The predicted molar refractivity (Wildman–Crippen MR) is 65.6 cm³/mol. The Kier molecular flexibility index (Phi) is 3.23. The van der Waals surface area contributed by atoms with E-state index in [1.165, 1.54) is 5.56 Å².